The highest BCUT2D eigenvalue weighted by Crippen LogP contribution is 2.09. The molecular formula is C11H14ClN3O. The second kappa shape index (κ2) is 6.12. The van der Waals surface area contributed by atoms with E-state index in [9.17, 15) is 4.79 Å². The molecule has 86 valence electrons. The first-order valence-electron chi connectivity index (χ1n) is 4.93. The van der Waals surface area contributed by atoms with Gasteiger partial charge in [-0.25, -0.2) is 9.78 Å². The van der Waals surface area contributed by atoms with Gasteiger partial charge < -0.3 is 5.32 Å². The molecule has 1 heterocycles. The number of hydrogen-bond acceptors (Lipinski definition) is 2. The Bertz CT molecular complexity index is 373. The zero-order chi connectivity index (χ0) is 12.0. The van der Waals surface area contributed by atoms with Gasteiger partial charge in [-0.2, -0.15) is 0 Å². The van der Waals surface area contributed by atoms with E-state index in [4.69, 9.17) is 11.6 Å². The number of hydrogen-bond donors (Lipinski definition) is 2. The van der Waals surface area contributed by atoms with Crippen LogP contribution in [0.25, 0.3) is 0 Å². The first-order chi connectivity index (χ1) is 7.58. The maximum Gasteiger partial charge on any atom is 0.324 e. The number of anilines is 1. The van der Waals surface area contributed by atoms with Crippen molar-refractivity contribution in [1.82, 2.24) is 10.3 Å². The van der Waals surface area contributed by atoms with Gasteiger partial charge >= 0.3 is 6.03 Å². The van der Waals surface area contributed by atoms with Gasteiger partial charge in [0.05, 0.1) is 5.02 Å². The molecule has 2 amide bonds. The normalized spacial score (nSPS) is 10.8. The summed E-state index contributed by atoms with van der Waals surface area (Å²) in [6.45, 7) is 4.05. The number of halogens is 1. The topological polar surface area (TPSA) is 54.0 Å². The molecule has 0 fully saturated rings. The molecule has 0 aromatic carbocycles. The van der Waals surface area contributed by atoms with E-state index in [1.807, 2.05) is 19.9 Å². The van der Waals surface area contributed by atoms with E-state index in [0.717, 1.165) is 0 Å². The number of pyridine rings is 1. The van der Waals surface area contributed by atoms with Gasteiger partial charge in [-0.1, -0.05) is 31.5 Å². The Kier molecular flexibility index (Phi) is 4.79. The number of carbonyl (C=O) groups is 1. The minimum Gasteiger partial charge on any atom is -0.315 e. The van der Waals surface area contributed by atoms with Crippen molar-refractivity contribution in [2.75, 3.05) is 5.32 Å². The Labute approximate surface area is 99.7 Å². The van der Waals surface area contributed by atoms with Crippen LogP contribution in [-0.2, 0) is 0 Å². The summed E-state index contributed by atoms with van der Waals surface area (Å²) in [6, 6.07) is 2.97. The Balaban J connectivity index is 2.43. The first kappa shape index (κ1) is 12.5. The predicted octanol–water partition coefficient (Wildman–Crippen LogP) is 3.03. The third-order valence-corrected chi connectivity index (χ3v) is 1.89. The lowest BCUT2D eigenvalue weighted by Crippen LogP contribution is -2.24. The first-order valence-corrected chi connectivity index (χ1v) is 5.31. The minimum absolute atomic E-state index is 0.327. The Morgan fingerprint density at radius 2 is 2.25 bits per heavy atom. The van der Waals surface area contributed by atoms with Crippen LogP contribution in [0.1, 0.15) is 13.8 Å². The van der Waals surface area contributed by atoms with Crippen LogP contribution in [0.5, 0.6) is 0 Å². The third kappa shape index (κ3) is 4.79. The van der Waals surface area contributed by atoms with Crippen molar-refractivity contribution in [3.63, 3.8) is 0 Å². The van der Waals surface area contributed by atoms with Gasteiger partial charge in [-0.3, -0.25) is 5.32 Å². The van der Waals surface area contributed by atoms with Crippen LogP contribution in [0.2, 0.25) is 5.02 Å². The van der Waals surface area contributed by atoms with E-state index < -0.39 is 0 Å². The molecule has 2 N–H and O–H groups in total. The monoisotopic (exact) mass is 239 g/mol. The number of carbonyl (C=O) groups excluding carboxylic acids is 1. The molecule has 1 rings (SSSR count). The van der Waals surface area contributed by atoms with Gasteiger partial charge in [0.2, 0.25) is 0 Å². The molecule has 0 aliphatic rings. The Morgan fingerprint density at radius 3 is 2.81 bits per heavy atom. The van der Waals surface area contributed by atoms with Crippen LogP contribution >= 0.6 is 11.6 Å². The third-order valence-electron chi connectivity index (χ3n) is 1.66. The molecule has 0 spiro atoms. The molecule has 0 saturated carbocycles. The van der Waals surface area contributed by atoms with Gasteiger partial charge in [0.1, 0.15) is 5.82 Å². The van der Waals surface area contributed by atoms with E-state index in [0.29, 0.717) is 16.8 Å². The van der Waals surface area contributed by atoms with Crippen LogP contribution in [0.15, 0.2) is 30.6 Å². The fourth-order valence-electron chi connectivity index (χ4n) is 0.918. The summed E-state index contributed by atoms with van der Waals surface area (Å²) < 4.78 is 0. The molecule has 16 heavy (non-hydrogen) atoms. The summed E-state index contributed by atoms with van der Waals surface area (Å²) >= 11 is 5.66. The highest BCUT2D eigenvalue weighted by molar-refractivity contribution is 6.30. The summed E-state index contributed by atoms with van der Waals surface area (Å²) in [6.07, 6.45) is 4.96. The van der Waals surface area contributed by atoms with E-state index in [1.165, 1.54) is 6.20 Å². The second-order valence-electron chi connectivity index (χ2n) is 3.56. The number of urea groups is 1. The molecule has 0 atom stereocenters. The maximum atomic E-state index is 11.3. The lowest BCUT2D eigenvalue weighted by Gasteiger charge is -2.03. The lowest BCUT2D eigenvalue weighted by molar-refractivity contribution is 0.255. The molecule has 1 aromatic heterocycles. The highest BCUT2D eigenvalue weighted by Gasteiger charge is 1.99. The fourth-order valence-corrected chi connectivity index (χ4v) is 1.03. The van der Waals surface area contributed by atoms with Crippen molar-refractivity contribution < 1.29 is 4.79 Å². The molecule has 0 bridgehead atoms. The standard InChI is InChI=1S/C11H14ClN3O/c1-8(2)5-6-13-11(16)15-10-4-3-9(12)7-14-10/h3-8H,1-2H3,(H2,13,14,15,16)/b6-5+. The van der Waals surface area contributed by atoms with Crippen LogP contribution in [0, 0.1) is 5.92 Å². The van der Waals surface area contributed by atoms with Gasteiger partial charge in [0.25, 0.3) is 0 Å². The van der Waals surface area contributed by atoms with E-state index in [-0.39, 0.29) is 6.03 Å². The van der Waals surface area contributed by atoms with Gasteiger partial charge in [0, 0.05) is 12.4 Å². The molecule has 0 saturated heterocycles. The summed E-state index contributed by atoms with van der Waals surface area (Å²) in [7, 11) is 0. The summed E-state index contributed by atoms with van der Waals surface area (Å²) in [5.41, 5.74) is 0. The highest BCUT2D eigenvalue weighted by atomic mass is 35.5. The predicted molar refractivity (Wildman–Crippen MR) is 65.4 cm³/mol. The lowest BCUT2D eigenvalue weighted by atomic mass is 10.2. The number of nitrogens with zero attached hydrogens (tertiary/aromatic N) is 1. The number of rotatable bonds is 3. The number of nitrogens with one attached hydrogen (secondary N) is 2. The minimum atomic E-state index is -0.327. The van der Waals surface area contributed by atoms with Gasteiger partial charge in [-0.15, -0.1) is 0 Å². The Hall–Kier alpha value is -1.55. The summed E-state index contributed by atoms with van der Waals surface area (Å²) in [5, 5.41) is 5.68. The van der Waals surface area contributed by atoms with Crippen LogP contribution in [0.3, 0.4) is 0 Å². The summed E-state index contributed by atoms with van der Waals surface area (Å²) in [4.78, 5) is 15.3. The summed E-state index contributed by atoms with van der Waals surface area (Å²) in [5.74, 6) is 0.855. The molecule has 1 aromatic rings. The van der Waals surface area contributed by atoms with E-state index in [2.05, 4.69) is 15.6 Å². The van der Waals surface area contributed by atoms with Gasteiger partial charge in [-0.05, 0) is 18.1 Å². The molecular weight excluding hydrogens is 226 g/mol. The van der Waals surface area contributed by atoms with Crippen molar-refractivity contribution in [1.29, 1.82) is 0 Å². The van der Waals surface area contributed by atoms with Crippen LogP contribution in [0.4, 0.5) is 10.6 Å². The van der Waals surface area contributed by atoms with Crippen LogP contribution in [-0.4, -0.2) is 11.0 Å². The van der Waals surface area contributed by atoms with Crippen LogP contribution < -0.4 is 10.6 Å². The molecule has 0 aliphatic carbocycles. The average Bonchev–Trinajstić information content (AvgIpc) is 2.21. The maximum absolute atomic E-state index is 11.3. The molecule has 0 aliphatic heterocycles. The number of aromatic nitrogens is 1. The SMILES string of the molecule is CC(C)/C=C/NC(=O)Nc1ccc(Cl)cn1. The van der Waals surface area contributed by atoms with Crippen molar-refractivity contribution in [2.45, 2.75) is 13.8 Å². The van der Waals surface area contributed by atoms with E-state index in [1.54, 1.807) is 18.3 Å². The molecule has 5 heteroatoms. The molecule has 0 unspecified atom stereocenters. The fraction of sp³-hybridized carbons (Fsp3) is 0.273. The van der Waals surface area contributed by atoms with Crippen molar-refractivity contribution >= 4 is 23.4 Å². The zero-order valence-corrected chi connectivity index (χ0v) is 9.95. The number of allylic oxidation sites excluding steroid dienone is 1. The zero-order valence-electron chi connectivity index (χ0n) is 9.20. The number of amides is 2. The van der Waals surface area contributed by atoms with Crippen molar-refractivity contribution in [2.24, 2.45) is 5.92 Å². The average molecular weight is 240 g/mol. The second-order valence-corrected chi connectivity index (χ2v) is 4.00. The Morgan fingerprint density at radius 1 is 1.50 bits per heavy atom. The smallest absolute Gasteiger partial charge is 0.315 e. The quantitative estimate of drug-likeness (QED) is 0.852. The molecule has 4 nitrogen and oxygen atoms in total. The van der Waals surface area contributed by atoms with Crippen molar-refractivity contribution in [3.05, 3.63) is 35.6 Å². The van der Waals surface area contributed by atoms with Gasteiger partial charge in [0.15, 0.2) is 0 Å². The van der Waals surface area contributed by atoms with Crippen molar-refractivity contribution in [3.8, 4) is 0 Å². The van der Waals surface area contributed by atoms with E-state index >= 15 is 0 Å². The largest absolute Gasteiger partial charge is 0.324 e. The molecule has 0 radical (unpaired) electrons.